The lowest BCUT2D eigenvalue weighted by Gasteiger charge is -2.37. The second-order valence-corrected chi connectivity index (χ2v) is 7.33. The first-order chi connectivity index (χ1) is 9.42. The average molecular weight is 264 g/mol. The van der Waals surface area contributed by atoms with Crippen molar-refractivity contribution < 1.29 is 4.74 Å². The molecule has 0 bridgehead atoms. The second-order valence-electron chi connectivity index (χ2n) is 7.33. The zero-order valence-electron chi connectivity index (χ0n) is 12.6. The number of ether oxygens (including phenoxy) is 1. The monoisotopic (exact) mass is 264 g/mol. The predicted molar refractivity (Wildman–Crippen MR) is 80.3 cm³/mol. The first kappa shape index (κ1) is 13.9. The first-order valence-electron chi connectivity index (χ1n) is 9.07. The minimum absolute atomic E-state index is 0.614. The molecule has 0 radical (unpaired) electrons. The lowest BCUT2D eigenvalue weighted by molar-refractivity contribution is -0.0552. The quantitative estimate of drug-likeness (QED) is 0.656. The molecule has 3 aliphatic carbocycles. The van der Waals surface area contributed by atoms with Gasteiger partial charge in [-0.05, 0) is 50.4 Å². The van der Waals surface area contributed by atoms with Crippen molar-refractivity contribution in [2.75, 3.05) is 0 Å². The van der Waals surface area contributed by atoms with Crippen molar-refractivity contribution >= 4 is 0 Å². The van der Waals surface area contributed by atoms with Gasteiger partial charge in [0.25, 0.3) is 0 Å². The molecule has 1 heteroatoms. The number of hydrogen-bond donors (Lipinski definition) is 0. The van der Waals surface area contributed by atoms with Gasteiger partial charge in [-0.25, -0.2) is 0 Å². The summed E-state index contributed by atoms with van der Waals surface area (Å²) in [6.07, 6.45) is 21.3. The summed E-state index contributed by atoms with van der Waals surface area (Å²) in [5.74, 6) is 2.12. The molecule has 110 valence electrons. The van der Waals surface area contributed by atoms with Crippen molar-refractivity contribution in [3.63, 3.8) is 0 Å². The van der Waals surface area contributed by atoms with Crippen molar-refractivity contribution in [2.45, 2.75) is 102 Å². The molecule has 0 saturated heterocycles. The maximum Gasteiger partial charge on any atom is 0.0579 e. The molecule has 0 atom stereocenters. The van der Waals surface area contributed by atoms with Crippen LogP contribution in [0.4, 0.5) is 0 Å². The van der Waals surface area contributed by atoms with Crippen molar-refractivity contribution in [2.24, 2.45) is 11.8 Å². The summed E-state index contributed by atoms with van der Waals surface area (Å²) in [7, 11) is 0. The summed E-state index contributed by atoms with van der Waals surface area (Å²) >= 11 is 0. The number of hydrogen-bond acceptors (Lipinski definition) is 1. The Labute approximate surface area is 119 Å². The molecule has 0 aromatic carbocycles. The lowest BCUT2D eigenvalue weighted by Crippen LogP contribution is -2.30. The SMILES string of the molecule is C1CCC(OC2CCC(C3CCCCC3)CC2)CC1. The van der Waals surface area contributed by atoms with E-state index in [0.717, 1.165) is 11.8 Å². The molecule has 0 spiro atoms. The van der Waals surface area contributed by atoms with Gasteiger partial charge in [-0.3, -0.25) is 0 Å². The average Bonchev–Trinajstić information content (AvgIpc) is 2.50. The van der Waals surface area contributed by atoms with Gasteiger partial charge in [-0.15, -0.1) is 0 Å². The molecule has 0 unspecified atom stereocenters. The Hall–Kier alpha value is -0.0400. The van der Waals surface area contributed by atoms with Crippen LogP contribution in [0, 0.1) is 11.8 Å². The molecule has 3 fully saturated rings. The topological polar surface area (TPSA) is 9.23 Å². The molecule has 0 aliphatic heterocycles. The van der Waals surface area contributed by atoms with Crippen LogP contribution in [0.3, 0.4) is 0 Å². The lowest BCUT2D eigenvalue weighted by atomic mass is 9.73. The van der Waals surface area contributed by atoms with Crippen LogP contribution in [0.15, 0.2) is 0 Å². The van der Waals surface area contributed by atoms with Crippen LogP contribution in [-0.2, 0) is 4.74 Å². The van der Waals surface area contributed by atoms with Crippen molar-refractivity contribution in [1.82, 2.24) is 0 Å². The third-order valence-corrected chi connectivity index (χ3v) is 5.97. The van der Waals surface area contributed by atoms with E-state index in [0.29, 0.717) is 12.2 Å². The summed E-state index contributed by atoms with van der Waals surface area (Å²) in [6, 6.07) is 0. The van der Waals surface area contributed by atoms with E-state index in [4.69, 9.17) is 4.74 Å². The molecule has 0 aromatic rings. The van der Waals surface area contributed by atoms with Crippen LogP contribution in [0.25, 0.3) is 0 Å². The molecule has 0 N–H and O–H groups in total. The third kappa shape index (κ3) is 3.97. The van der Waals surface area contributed by atoms with Gasteiger partial charge in [0.05, 0.1) is 12.2 Å². The maximum absolute atomic E-state index is 6.37. The summed E-state index contributed by atoms with van der Waals surface area (Å²) in [5, 5.41) is 0. The predicted octanol–water partition coefficient (Wildman–Crippen LogP) is 5.47. The fourth-order valence-electron chi connectivity index (χ4n) is 4.78. The Morgan fingerprint density at radius 2 is 0.895 bits per heavy atom. The Balaban J connectivity index is 1.38. The van der Waals surface area contributed by atoms with Crippen LogP contribution in [0.1, 0.15) is 89.9 Å². The van der Waals surface area contributed by atoms with Crippen molar-refractivity contribution in [3.8, 4) is 0 Å². The van der Waals surface area contributed by atoms with Crippen LogP contribution in [0.5, 0.6) is 0 Å². The smallest absolute Gasteiger partial charge is 0.0579 e. The fourth-order valence-corrected chi connectivity index (χ4v) is 4.78. The van der Waals surface area contributed by atoms with Gasteiger partial charge in [0, 0.05) is 0 Å². The maximum atomic E-state index is 6.37. The third-order valence-electron chi connectivity index (χ3n) is 5.97. The van der Waals surface area contributed by atoms with E-state index in [1.54, 1.807) is 0 Å². The van der Waals surface area contributed by atoms with Crippen LogP contribution in [0.2, 0.25) is 0 Å². The summed E-state index contributed by atoms with van der Waals surface area (Å²) in [4.78, 5) is 0. The van der Waals surface area contributed by atoms with Gasteiger partial charge in [-0.1, -0.05) is 51.4 Å². The highest BCUT2D eigenvalue weighted by Gasteiger charge is 2.30. The second kappa shape index (κ2) is 7.11. The zero-order chi connectivity index (χ0) is 12.9. The minimum atomic E-state index is 0.614. The van der Waals surface area contributed by atoms with Gasteiger partial charge in [-0.2, -0.15) is 0 Å². The normalized spacial score (nSPS) is 35.4. The Bertz CT molecular complexity index is 242. The Morgan fingerprint density at radius 1 is 0.421 bits per heavy atom. The van der Waals surface area contributed by atoms with E-state index in [1.165, 1.54) is 89.9 Å². The number of rotatable bonds is 3. The fraction of sp³-hybridized carbons (Fsp3) is 1.00. The molecule has 3 aliphatic rings. The molecule has 3 rings (SSSR count). The molecule has 0 aromatic heterocycles. The van der Waals surface area contributed by atoms with Crippen molar-refractivity contribution in [1.29, 1.82) is 0 Å². The molecule has 3 saturated carbocycles. The van der Waals surface area contributed by atoms with Gasteiger partial charge >= 0.3 is 0 Å². The van der Waals surface area contributed by atoms with Gasteiger partial charge in [0.15, 0.2) is 0 Å². The summed E-state index contributed by atoms with van der Waals surface area (Å²) < 4.78 is 6.37. The molecule has 0 amide bonds. The highest BCUT2D eigenvalue weighted by atomic mass is 16.5. The Morgan fingerprint density at radius 3 is 1.53 bits per heavy atom. The van der Waals surface area contributed by atoms with E-state index in [2.05, 4.69) is 0 Å². The summed E-state index contributed by atoms with van der Waals surface area (Å²) in [5.41, 5.74) is 0. The minimum Gasteiger partial charge on any atom is -0.375 e. The summed E-state index contributed by atoms with van der Waals surface area (Å²) in [6.45, 7) is 0. The highest BCUT2D eigenvalue weighted by Crippen LogP contribution is 2.39. The zero-order valence-corrected chi connectivity index (χ0v) is 12.6. The molecule has 1 nitrogen and oxygen atoms in total. The van der Waals surface area contributed by atoms with E-state index >= 15 is 0 Å². The van der Waals surface area contributed by atoms with E-state index < -0.39 is 0 Å². The molecule has 19 heavy (non-hydrogen) atoms. The van der Waals surface area contributed by atoms with Gasteiger partial charge in [0.1, 0.15) is 0 Å². The van der Waals surface area contributed by atoms with Crippen molar-refractivity contribution in [3.05, 3.63) is 0 Å². The van der Waals surface area contributed by atoms with Crippen LogP contribution in [-0.4, -0.2) is 12.2 Å². The standard InChI is InChI=1S/C18H32O/c1-3-7-15(8-4-1)16-11-13-18(14-12-16)19-17-9-5-2-6-10-17/h15-18H,1-14H2. The first-order valence-corrected chi connectivity index (χ1v) is 9.07. The largest absolute Gasteiger partial charge is 0.375 e. The van der Waals surface area contributed by atoms with Crippen LogP contribution < -0.4 is 0 Å². The molecule has 0 heterocycles. The van der Waals surface area contributed by atoms with Gasteiger partial charge in [0.2, 0.25) is 0 Å². The van der Waals surface area contributed by atoms with Gasteiger partial charge < -0.3 is 4.74 Å². The molecular formula is C18H32O. The van der Waals surface area contributed by atoms with E-state index in [-0.39, 0.29) is 0 Å². The molecular weight excluding hydrogens is 232 g/mol. The highest BCUT2D eigenvalue weighted by molar-refractivity contribution is 4.81. The Kier molecular flexibility index (Phi) is 5.21. The van der Waals surface area contributed by atoms with E-state index in [1.807, 2.05) is 0 Å². The van der Waals surface area contributed by atoms with E-state index in [9.17, 15) is 0 Å². The van der Waals surface area contributed by atoms with Crippen LogP contribution >= 0.6 is 0 Å².